The van der Waals surface area contributed by atoms with Crippen molar-refractivity contribution in [3.05, 3.63) is 24.6 Å². The highest BCUT2D eigenvalue weighted by Gasteiger charge is 2.04. The summed E-state index contributed by atoms with van der Waals surface area (Å²) in [5.41, 5.74) is 0.881. The van der Waals surface area contributed by atoms with E-state index in [2.05, 4.69) is 24.1 Å². The smallest absolute Gasteiger partial charge is 0.139 e. The van der Waals surface area contributed by atoms with Crippen LogP contribution in [0.1, 0.15) is 13.8 Å². The van der Waals surface area contributed by atoms with Gasteiger partial charge in [-0.1, -0.05) is 13.8 Å². The van der Waals surface area contributed by atoms with Crippen LogP contribution in [0, 0.1) is 5.92 Å². The van der Waals surface area contributed by atoms with Crippen LogP contribution < -0.4 is 5.32 Å². The molecule has 0 aliphatic rings. The molecule has 3 heteroatoms. The number of aromatic nitrogens is 1. The molecule has 2 rings (SSSR count). The molecule has 14 heavy (non-hydrogen) atoms. The zero-order chi connectivity index (χ0) is 9.97. The van der Waals surface area contributed by atoms with Gasteiger partial charge in [0.25, 0.3) is 0 Å². The Balaban J connectivity index is 2.27. The van der Waals surface area contributed by atoms with Gasteiger partial charge >= 0.3 is 0 Å². The van der Waals surface area contributed by atoms with Gasteiger partial charge in [0.2, 0.25) is 0 Å². The SMILES string of the molecule is CC(C)CNc1nccc2occc12. The molecular weight excluding hydrogens is 176 g/mol. The lowest BCUT2D eigenvalue weighted by atomic mass is 10.2. The van der Waals surface area contributed by atoms with E-state index in [-0.39, 0.29) is 0 Å². The van der Waals surface area contributed by atoms with Crippen LogP contribution >= 0.6 is 0 Å². The first-order valence-corrected chi connectivity index (χ1v) is 4.83. The molecule has 3 nitrogen and oxygen atoms in total. The molecule has 0 amide bonds. The maximum atomic E-state index is 5.29. The number of hydrogen-bond acceptors (Lipinski definition) is 3. The zero-order valence-electron chi connectivity index (χ0n) is 8.45. The van der Waals surface area contributed by atoms with E-state index in [4.69, 9.17) is 4.42 Å². The van der Waals surface area contributed by atoms with Gasteiger partial charge in [-0.3, -0.25) is 0 Å². The van der Waals surface area contributed by atoms with E-state index < -0.39 is 0 Å². The van der Waals surface area contributed by atoms with Crippen LogP contribution in [0.5, 0.6) is 0 Å². The summed E-state index contributed by atoms with van der Waals surface area (Å²) >= 11 is 0. The second kappa shape index (κ2) is 3.70. The van der Waals surface area contributed by atoms with Crippen LogP contribution in [0.25, 0.3) is 11.0 Å². The van der Waals surface area contributed by atoms with Gasteiger partial charge in [-0.15, -0.1) is 0 Å². The van der Waals surface area contributed by atoms with Gasteiger partial charge in [-0.2, -0.15) is 0 Å². The van der Waals surface area contributed by atoms with Crippen molar-refractivity contribution < 1.29 is 4.42 Å². The maximum Gasteiger partial charge on any atom is 0.139 e. The van der Waals surface area contributed by atoms with Crippen molar-refractivity contribution in [2.24, 2.45) is 5.92 Å². The third-order valence-corrected chi connectivity index (χ3v) is 2.06. The summed E-state index contributed by atoms with van der Waals surface area (Å²) in [6.45, 7) is 5.27. The molecule has 0 fully saturated rings. The van der Waals surface area contributed by atoms with E-state index in [9.17, 15) is 0 Å². The number of rotatable bonds is 3. The van der Waals surface area contributed by atoms with Crippen LogP contribution in [0.3, 0.4) is 0 Å². The molecule has 0 saturated carbocycles. The van der Waals surface area contributed by atoms with Gasteiger partial charge in [0.15, 0.2) is 0 Å². The largest absolute Gasteiger partial charge is 0.464 e. The standard InChI is InChI=1S/C11H14N2O/c1-8(2)7-13-11-9-4-6-14-10(9)3-5-12-11/h3-6,8H,7H2,1-2H3,(H,12,13). The van der Waals surface area contributed by atoms with E-state index in [0.29, 0.717) is 5.92 Å². The van der Waals surface area contributed by atoms with Gasteiger partial charge in [-0.05, 0) is 18.1 Å². The van der Waals surface area contributed by atoms with Crippen LogP contribution in [0.15, 0.2) is 29.0 Å². The van der Waals surface area contributed by atoms with Gasteiger partial charge in [0.05, 0.1) is 11.6 Å². The Kier molecular flexibility index (Phi) is 2.39. The van der Waals surface area contributed by atoms with E-state index in [1.807, 2.05) is 12.1 Å². The molecule has 0 aliphatic heterocycles. The van der Waals surface area contributed by atoms with Gasteiger partial charge in [-0.25, -0.2) is 4.98 Å². The molecule has 0 saturated heterocycles. The molecule has 2 aromatic heterocycles. The predicted molar refractivity (Wildman–Crippen MR) is 57.3 cm³/mol. The lowest BCUT2D eigenvalue weighted by Crippen LogP contribution is -2.08. The molecule has 0 spiro atoms. The van der Waals surface area contributed by atoms with E-state index in [1.165, 1.54) is 0 Å². The first kappa shape index (κ1) is 9.06. The van der Waals surface area contributed by atoms with E-state index >= 15 is 0 Å². The first-order valence-electron chi connectivity index (χ1n) is 4.83. The van der Waals surface area contributed by atoms with Gasteiger partial charge < -0.3 is 9.73 Å². The van der Waals surface area contributed by atoms with E-state index in [1.54, 1.807) is 12.5 Å². The van der Waals surface area contributed by atoms with Crippen molar-refractivity contribution in [2.75, 3.05) is 11.9 Å². The molecule has 1 N–H and O–H groups in total. The molecule has 0 atom stereocenters. The Morgan fingerprint density at radius 2 is 2.29 bits per heavy atom. The quantitative estimate of drug-likeness (QED) is 0.808. The first-order chi connectivity index (χ1) is 6.77. The summed E-state index contributed by atoms with van der Waals surface area (Å²) in [5, 5.41) is 4.35. The Morgan fingerprint density at radius 1 is 1.43 bits per heavy atom. The average Bonchev–Trinajstić information content (AvgIpc) is 2.62. The zero-order valence-corrected chi connectivity index (χ0v) is 8.45. The molecule has 2 aromatic rings. The minimum Gasteiger partial charge on any atom is -0.464 e. The number of furan rings is 1. The highest BCUT2D eigenvalue weighted by Crippen LogP contribution is 2.21. The monoisotopic (exact) mass is 190 g/mol. The predicted octanol–water partition coefficient (Wildman–Crippen LogP) is 2.90. The van der Waals surface area contributed by atoms with Crippen molar-refractivity contribution in [1.29, 1.82) is 0 Å². The Hall–Kier alpha value is -1.51. The van der Waals surface area contributed by atoms with Crippen LogP contribution in [-0.2, 0) is 0 Å². The number of nitrogens with zero attached hydrogens (tertiary/aromatic N) is 1. The topological polar surface area (TPSA) is 38.1 Å². The third kappa shape index (κ3) is 1.71. The summed E-state index contributed by atoms with van der Waals surface area (Å²) in [5.74, 6) is 1.52. The van der Waals surface area contributed by atoms with Crippen molar-refractivity contribution in [1.82, 2.24) is 4.98 Å². The summed E-state index contributed by atoms with van der Waals surface area (Å²) < 4.78 is 5.29. The molecule has 2 heterocycles. The fourth-order valence-electron chi connectivity index (χ4n) is 1.34. The van der Waals surface area contributed by atoms with E-state index in [0.717, 1.165) is 23.3 Å². The summed E-state index contributed by atoms with van der Waals surface area (Å²) in [4.78, 5) is 4.28. The highest BCUT2D eigenvalue weighted by molar-refractivity contribution is 5.87. The van der Waals surface area contributed by atoms with Crippen LogP contribution in [0.4, 0.5) is 5.82 Å². The second-order valence-corrected chi connectivity index (χ2v) is 3.77. The fraction of sp³-hybridized carbons (Fsp3) is 0.364. The van der Waals surface area contributed by atoms with Gasteiger partial charge in [0, 0.05) is 12.7 Å². The lowest BCUT2D eigenvalue weighted by Gasteiger charge is -2.08. The van der Waals surface area contributed by atoms with Crippen molar-refractivity contribution >= 4 is 16.8 Å². The Bertz CT molecular complexity index is 420. The minimum atomic E-state index is 0.610. The molecule has 0 unspecified atom stereocenters. The summed E-state index contributed by atoms with van der Waals surface area (Å²) in [6, 6.07) is 3.81. The maximum absolute atomic E-state index is 5.29. The van der Waals surface area contributed by atoms with Crippen LogP contribution in [-0.4, -0.2) is 11.5 Å². The molecule has 0 aliphatic carbocycles. The molecule has 0 aromatic carbocycles. The number of anilines is 1. The minimum absolute atomic E-state index is 0.610. The Morgan fingerprint density at radius 3 is 3.07 bits per heavy atom. The van der Waals surface area contributed by atoms with Gasteiger partial charge in [0.1, 0.15) is 11.4 Å². The molecule has 0 radical (unpaired) electrons. The highest BCUT2D eigenvalue weighted by atomic mass is 16.3. The van der Waals surface area contributed by atoms with Crippen molar-refractivity contribution in [3.63, 3.8) is 0 Å². The molecule has 0 bridgehead atoms. The Labute approximate surface area is 83.1 Å². The number of fused-ring (bicyclic) bond motifs is 1. The summed E-state index contributed by atoms with van der Waals surface area (Å²) in [6.07, 6.45) is 3.45. The molecular formula is C11H14N2O. The lowest BCUT2D eigenvalue weighted by molar-refractivity contribution is 0.615. The number of hydrogen-bond donors (Lipinski definition) is 1. The third-order valence-electron chi connectivity index (χ3n) is 2.06. The van der Waals surface area contributed by atoms with Crippen molar-refractivity contribution in [2.45, 2.75) is 13.8 Å². The van der Waals surface area contributed by atoms with Crippen molar-refractivity contribution in [3.8, 4) is 0 Å². The second-order valence-electron chi connectivity index (χ2n) is 3.77. The summed E-state index contributed by atoms with van der Waals surface area (Å²) in [7, 11) is 0. The molecule has 74 valence electrons. The number of pyridine rings is 1. The number of nitrogens with one attached hydrogen (secondary N) is 1. The fourth-order valence-corrected chi connectivity index (χ4v) is 1.34. The van der Waals surface area contributed by atoms with Crippen LogP contribution in [0.2, 0.25) is 0 Å². The normalized spacial score (nSPS) is 11.1. The average molecular weight is 190 g/mol.